The molecule has 88 valence electrons. The quantitative estimate of drug-likeness (QED) is 0.803. The van der Waals surface area contributed by atoms with Gasteiger partial charge in [0.05, 0.1) is 11.4 Å². The fourth-order valence-corrected chi connectivity index (χ4v) is 2.32. The summed E-state index contributed by atoms with van der Waals surface area (Å²) in [5, 5.41) is 3.58. The Kier molecular flexibility index (Phi) is 3.44. The molecule has 0 unspecified atom stereocenters. The van der Waals surface area contributed by atoms with Crippen molar-refractivity contribution in [2.75, 3.05) is 5.32 Å². The largest absolute Gasteiger partial charge is 0.381 e. The molecule has 1 aromatic rings. The lowest BCUT2D eigenvalue weighted by Crippen LogP contribution is -2.33. The number of nitrogens with two attached hydrogens (primary N) is 1. The Morgan fingerprint density at radius 2 is 1.88 bits per heavy atom. The molecule has 0 saturated heterocycles. The number of aromatic nitrogens is 1. The van der Waals surface area contributed by atoms with Gasteiger partial charge in [0.2, 0.25) is 0 Å². The summed E-state index contributed by atoms with van der Waals surface area (Å²) in [6.45, 7) is 4.08. The molecule has 1 aromatic heterocycles. The van der Waals surface area contributed by atoms with Crippen molar-refractivity contribution in [1.82, 2.24) is 4.98 Å². The normalized spacial score (nSPS) is 25.4. The van der Waals surface area contributed by atoms with Crippen molar-refractivity contribution in [1.29, 1.82) is 0 Å². The van der Waals surface area contributed by atoms with Gasteiger partial charge in [0.1, 0.15) is 0 Å². The van der Waals surface area contributed by atoms with Crippen molar-refractivity contribution in [2.24, 2.45) is 5.73 Å². The molecule has 0 atom stereocenters. The van der Waals surface area contributed by atoms with Crippen LogP contribution in [0, 0.1) is 13.8 Å². The molecule has 1 aliphatic carbocycles. The molecular formula is C13H21N3. The molecule has 1 aliphatic rings. The number of pyridine rings is 1. The second-order valence-electron chi connectivity index (χ2n) is 4.84. The number of rotatable bonds is 2. The summed E-state index contributed by atoms with van der Waals surface area (Å²) in [6, 6.07) is 5.18. The average molecular weight is 219 g/mol. The van der Waals surface area contributed by atoms with Crippen LogP contribution in [0.4, 0.5) is 5.69 Å². The van der Waals surface area contributed by atoms with Gasteiger partial charge in [-0.25, -0.2) is 0 Å². The van der Waals surface area contributed by atoms with E-state index in [-0.39, 0.29) is 0 Å². The molecule has 2 rings (SSSR count). The molecule has 3 heteroatoms. The van der Waals surface area contributed by atoms with E-state index in [0.29, 0.717) is 12.1 Å². The molecule has 3 nitrogen and oxygen atoms in total. The first kappa shape index (κ1) is 11.4. The van der Waals surface area contributed by atoms with Crippen molar-refractivity contribution in [3.63, 3.8) is 0 Å². The number of hydrogen-bond acceptors (Lipinski definition) is 3. The average Bonchev–Trinajstić information content (AvgIpc) is 2.25. The van der Waals surface area contributed by atoms with Crippen LogP contribution in [0.2, 0.25) is 0 Å². The zero-order valence-electron chi connectivity index (χ0n) is 10.2. The van der Waals surface area contributed by atoms with Gasteiger partial charge in [-0.3, -0.25) is 4.98 Å². The smallest absolute Gasteiger partial charge is 0.0606 e. The minimum Gasteiger partial charge on any atom is -0.381 e. The van der Waals surface area contributed by atoms with Gasteiger partial charge in [-0.2, -0.15) is 0 Å². The van der Waals surface area contributed by atoms with Crippen LogP contribution in [-0.2, 0) is 0 Å². The Balaban J connectivity index is 1.98. The number of nitrogens with zero attached hydrogens (tertiary/aromatic N) is 1. The zero-order chi connectivity index (χ0) is 11.5. The van der Waals surface area contributed by atoms with Gasteiger partial charge in [-0.15, -0.1) is 0 Å². The predicted octanol–water partition coefficient (Wildman–Crippen LogP) is 2.38. The maximum absolute atomic E-state index is 5.90. The van der Waals surface area contributed by atoms with Crippen molar-refractivity contribution in [3.8, 4) is 0 Å². The van der Waals surface area contributed by atoms with E-state index in [9.17, 15) is 0 Å². The third-order valence-corrected chi connectivity index (χ3v) is 3.36. The lowest BCUT2D eigenvalue weighted by Gasteiger charge is -2.28. The second kappa shape index (κ2) is 4.83. The first-order valence-corrected chi connectivity index (χ1v) is 6.11. The standard InChI is InChI=1S/C13H21N3/c1-9-3-8-13(10(2)15-9)16-12-6-4-11(14)5-7-12/h3,8,11-12,16H,4-7,14H2,1-2H3. The molecule has 1 saturated carbocycles. The predicted molar refractivity (Wildman–Crippen MR) is 67.6 cm³/mol. The van der Waals surface area contributed by atoms with Gasteiger partial charge in [0.25, 0.3) is 0 Å². The van der Waals surface area contributed by atoms with Gasteiger partial charge >= 0.3 is 0 Å². The molecule has 1 fully saturated rings. The molecule has 0 aliphatic heterocycles. The summed E-state index contributed by atoms with van der Waals surface area (Å²) < 4.78 is 0. The highest BCUT2D eigenvalue weighted by Crippen LogP contribution is 2.22. The van der Waals surface area contributed by atoms with E-state index in [1.165, 1.54) is 18.5 Å². The van der Waals surface area contributed by atoms with E-state index in [2.05, 4.69) is 29.4 Å². The third kappa shape index (κ3) is 2.73. The molecule has 16 heavy (non-hydrogen) atoms. The van der Waals surface area contributed by atoms with Crippen molar-refractivity contribution < 1.29 is 0 Å². The van der Waals surface area contributed by atoms with Crippen LogP contribution < -0.4 is 11.1 Å². The second-order valence-corrected chi connectivity index (χ2v) is 4.84. The Bertz CT molecular complexity index is 354. The molecule has 3 N–H and O–H groups in total. The van der Waals surface area contributed by atoms with Gasteiger partial charge in [0.15, 0.2) is 0 Å². The van der Waals surface area contributed by atoms with E-state index < -0.39 is 0 Å². The molecule has 1 heterocycles. The van der Waals surface area contributed by atoms with E-state index in [1.807, 2.05) is 6.92 Å². The molecule has 0 bridgehead atoms. The molecule has 0 spiro atoms. The van der Waals surface area contributed by atoms with Crippen LogP contribution in [0.15, 0.2) is 12.1 Å². The van der Waals surface area contributed by atoms with E-state index >= 15 is 0 Å². The van der Waals surface area contributed by atoms with Crippen LogP contribution >= 0.6 is 0 Å². The Morgan fingerprint density at radius 1 is 1.19 bits per heavy atom. The minimum atomic E-state index is 0.412. The van der Waals surface area contributed by atoms with E-state index in [1.54, 1.807) is 0 Å². The van der Waals surface area contributed by atoms with Gasteiger partial charge in [-0.05, 0) is 51.7 Å². The lowest BCUT2D eigenvalue weighted by atomic mass is 9.91. The van der Waals surface area contributed by atoms with Crippen LogP contribution in [0.5, 0.6) is 0 Å². The van der Waals surface area contributed by atoms with Gasteiger partial charge in [-0.1, -0.05) is 0 Å². The summed E-state index contributed by atoms with van der Waals surface area (Å²) in [7, 11) is 0. The fourth-order valence-electron chi connectivity index (χ4n) is 2.32. The monoisotopic (exact) mass is 219 g/mol. The molecular weight excluding hydrogens is 198 g/mol. The first-order chi connectivity index (χ1) is 7.65. The highest BCUT2D eigenvalue weighted by molar-refractivity contribution is 5.48. The maximum atomic E-state index is 5.90. The Hall–Kier alpha value is -1.09. The lowest BCUT2D eigenvalue weighted by molar-refractivity contribution is 0.411. The summed E-state index contributed by atoms with van der Waals surface area (Å²) >= 11 is 0. The van der Waals surface area contributed by atoms with Crippen LogP contribution in [0.3, 0.4) is 0 Å². The van der Waals surface area contributed by atoms with E-state index in [0.717, 1.165) is 24.2 Å². The summed E-state index contributed by atoms with van der Waals surface area (Å²) in [4.78, 5) is 4.47. The Labute approximate surface area is 97.5 Å². The van der Waals surface area contributed by atoms with Crippen molar-refractivity contribution >= 4 is 5.69 Å². The topological polar surface area (TPSA) is 50.9 Å². The van der Waals surface area contributed by atoms with Crippen molar-refractivity contribution in [2.45, 2.75) is 51.6 Å². The number of nitrogens with one attached hydrogen (secondary N) is 1. The zero-order valence-corrected chi connectivity index (χ0v) is 10.2. The fraction of sp³-hybridized carbons (Fsp3) is 0.615. The van der Waals surface area contributed by atoms with Crippen LogP contribution in [-0.4, -0.2) is 17.1 Å². The van der Waals surface area contributed by atoms with Crippen molar-refractivity contribution in [3.05, 3.63) is 23.5 Å². The number of aryl methyl sites for hydroxylation is 2. The van der Waals surface area contributed by atoms with Gasteiger partial charge in [0, 0.05) is 17.8 Å². The van der Waals surface area contributed by atoms with Gasteiger partial charge < -0.3 is 11.1 Å². The highest BCUT2D eigenvalue weighted by atomic mass is 14.9. The van der Waals surface area contributed by atoms with Crippen LogP contribution in [0.25, 0.3) is 0 Å². The van der Waals surface area contributed by atoms with Crippen LogP contribution in [0.1, 0.15) is 37.1 Å². The third-order valence-electron chi connectivity index (χ3n) is 3.36. The van der Waals surface area contributed by atoms with E-state index in [4.69, 9.17) is 5.73 Å². The summed E-state index contributed by atoms with van der Waals surface area (Å²) in [5.41, 5.74) is 9.24. The number of anilines is 1. The first-order valence-electron chi connectivity index (χ1n) is 6.11. The minimum absolute atomic E-state index is 0.412. The Morgan fingerprint density at radius 3 is 2.50 bits per heavy atom. The summed E-state index contributed by atoms with van der Waals surface area (Å²) in [5.74, 6) is 0. The summed E-state index contributed by atoms with van der Waals surface area (Å²) in [6.07, 6.45) is 4.62. The highest BCUT2D eigenvalue weighted by Gasteiger charge is 2.18. The molecule has 0 amide bonds. The molecule has 0 radical (unpaired) electrons. The number of hydrogen-bond donors (Lipinski definition) is 2. The SMILES string of the molecule is Cc1ccc(NC2CCC(N)CC2)c(C)n1. The maximum Gasteiger partial charge on any atom is 0.0606 e. The molecule has 0 aromatic carbocycles.